The minimum Gasteiger partial charge on any atom is -0.394 e. The van der Waals surface area contributed by atoms with E-state index in [0.717, 1.165) is 28.8 Å². The summed E-state index contributed by atoms with van der Waals surface area (Å²) in [6, 6.07) is 13.8. The minimum absolute atomic E-state index is 0.145. The van der Waals surface area contributed by atoms with Crippen LogP contribution in [0.2, 0.25) is 0 Å². The molecule has 8 heteroatoms. The van der Waals surface area contributed by atoms with Crippen LogP contribution in [0.3, 0.4) is 0 Å². The van der Waals surface area contributed by atoms with E-state index in [1.807, 2.05) is 76.2 Å². The number of nitrogens with zero attached hydrogens (tertiary/aromatic N) is 3. The standard InChI is InChI=1S/C37H47N3O5/c1-7-20-38(21-8-2)33(42)29-30-34(43)40(28(24-41)23-27-16-11-10-12-17-27)32(37(30)19-18-36(29,6)45-37)35(44)39(22-9-3)31-25(4)14-13-15-26(31)5/h7,9-17,28-30,32,41H,1,3,8,18-24H2,2,4-6H3/t28-,29-,30+,32?,36+,37?/m1/s1. The number of amides is 3. The molecule has 3 amide bonds. The summed E-state index contributed by atoms with van der Waals surface area (Å²) in [6.07, 6.45) is 5.52. The molecule has 3 aliphatic heterocycles. The van der Waals surface area contributed by atoms with Gasteiger partial charge in [-0.25, -0.2) is 0 Å². The highest BCUT2D eigenvalue weighted by atomic mass is 16.5. The summed E-state index contributed by atoms with van der Waals surface area (Å²) in [7, 11) is 0. The highest BCUT2D eigenvalue weighted by Gasteiger charge is 2.79. The first kappa shape index (κ1) is 32.6. The van der Waals surface area contributed by atoms with E-state index in [2.05, 4.69) is 13.2 Å². The first-order valence-electron chi connectivity index (χ1n) is 16.1. The molecule has 0 aromatic heterocycles. The van der Waals surface area contributed by atoms with Crippen molar-refractivity contribution in [1.82, 2.24) is 9.80 Å². The molecule has 1 spiro atoms. The van der Waals surface area contributed by atoms with Gasteiger partial charge < -0.3 is 24.5 Å². The molecular formula is C37H47N3O5. The Bertz CT molecular complexity index is 1440. The van der Waals surface area contributed by atoms with E-state index >= 15 is 4.79 Å². The molecule has 0 radical (unpaired) electrons. The number of benzene rings is 2. The largest absolute Gasteiger partial charge is 0.394 e. The molecule has 1 N–H and O–H groups in total. The lowest BCUT2D eigenvalue weighted by molar-refractivity contribution is -0.152. The van der Waals surface area contributed by atoms with Crippen LogP contribution in [0.4, 0.5) is 5.69 Å². The van der Waals surface area contributed by atoms with Crippen LogP contribution in [0.1, 0.15) is 49.8 Å². The van der Waals surface area contributed by atoms with Crippen molar-refractivity contribution < 1.29 is 24.2 Å². The van der Waals surface area contributed by atoms with Gasteiger partial charge in [0, 0.05) is 25.3 Å². The average molecular weight is 614 g/mol. The van der Waals surface area contributed by atoms with Gasteiger partial charge in [0.1, 0.15) is 11.6 Å². The van der Waals surface area contributed by atoms with E-state index in [9.17, 15) is 14.7 Å². The zero-order chi connectivity index (χ0) is 32.5. The third-order valence-electron chi connectivity index (χ3n) is 10.1. The highest BCUT2D eigenvalue weighted by Crippen LogP contribution is 2.64. The van der Waals surface area contributed by atoms with Gasteiger partial charge in [-0.1, -0.05) is 67.6 Å². The molecule has 6 atom stereocenters. The lowest BCUT2D eigenvalue weighted by Gasteiger charge is -2.40. The Labute approximate surface area is 267 Å². The van der Waals surface area contributed by atoms with Gasteiger partial charge in [0.25, 0.3) is 5.91 Å². The van der Waals surface area contributed by atoms with E-state index in [-0.39, 0.29) is 30.9 Å². The van der Waals surface area contributed by atoms with Crippen LogP contribution in [0.15, 0.2) is 73.8 Å². The van der Waals surface area contributed by atoms with Crippen molar-refractivity contribution in [1.29, 1.82) is 0 Å². The maximum atomic E-state index is 15.1. The lowest BCUT2D eigenvalue weighted by Crippen LogP contribution is -2.59. The van der Waals surface area contributed by atoms with Crippen LogP contribution in [0.5, 0.6) is 0 Å². The van der Waals surface area contributed by atoms with Gasteiger partial charge >= 0.3 is 0 Å². The van der Waals surface area contributed by atoms with E-state index in [4.69, 9.17) is 4.74 Å². The molecule has 3 aliphatic rings. The summed E-state index contributed by atoms with van der Waals surface area (Å²) in [4.78, 5) is 49.4. The number of fused-ring (bicyclic) bond motifs is 1. The Kier molecular flexibility index (Phi) is 9.38. The number of aliphatic hydroxyl groups is 1. The monoisotopic (exact) mass is 613 g/mol. The zero-order valence-corrected chi connectivity index (χ0v) is 27.1. The second-order valence-electron chi connectivity index (χ2n) is 13.1. The SMILES string of the molecule is C=CCN(CCC)C(=O)[C@H]1[C@H]2C(=O)N([C@@H](CO)Cc3ccccc3)C(C(=O)N(CC=C)c3c(C)cccc3C)C23CC[C@]1(C)O3. The van der Waals surface area contributed by atoms with Gasteiger partial charge in [-0.3, -0.25) is 14.4 Å². The summed E-state index contributed by atoms with van der Waals surface area (Å²) in [5.41, 5.74) is 1.45. The van der Waals surface area contributed by atoms with Crippen LogP contribution in [-0.4, -0.2) is 82.2 Å². The van der Waals surface area contributed by atoms with Crippen LogP contribution < -0.4 is 4.90 Å². The Balaban J connectivity index is 1.66. The number of carbonyl (C=O) groups excluding carboxylic acids is 3. The number of rotatable bonds is 13. The number of hydrogen-bond acceptors (Lipinski definition) is 5. The number of hydrogen-bond donors (Lipinski definition) is 1. The quantitative estimate of drug-likeness (QED) is 0.333. The predicted octanol–water partition coefficient (Wildman–Crippen LogP) is 4.62. The maximum Gasteiger partial charge on any atom is 0.253 e. The summed E-state index contributed by atoms with van der Waals surface area (Å²) >= 11 is 0. The third kappa shape index (κ3) is 5.42. The van der Waals surface area contributed by atoms with Crippen molar-refractivity contribution in [3.8, 4) is 0 Å². The first-order chi connectivity index (χ1) is 21.6. The highest BCUT2D eigenvalue weighted by molar-refractivity contribution is 6.06. The number of para-hydroxylation sites is 1. The zero-order valence-electron chi connectivity index (χ0n) is 27.1. The van der Waals surface area contributed by atoms with Crippen molar-refractivity contribution in [2.75, 3.05) is 31.1 Å². The Morgan fingerprint density at radius 3 is 2.31 bits per heavy atom. The van der Waals surface area contributed by atoms with Crippen LogP contribution in [-0.2, 0) is 25.5 Å². The topological polar surface area (TPSA) is 90.4 Å². The normalized spacial score (nSPS) is 27.3. The van der Waals surface area contributed by atoms with Crippen LogP contribution in [0, 0.1) is 25.7 Å². The average Bonchev–Trinajstić information content (AvgIpc) is 3.59. The fourth-order valence-electron chi connectivity index (χ4n) is 8.26. The van der Waals surface area contributed by atoms with Crippen molar-refractivity contribution in [2.45, 2.75) is 76.7 Å². The third-order valence-corrected chi connectivity index (χ3v) is 10.1. The Morgan fingerprint density at radius 1 is 1.04 bits per heavy atom. The number of aryl methyl sites for hydroxylation is 2. The number of likely N-dealkylation sites (tertiary alicyclic amines) is 1. The van der Waals surface area contributed by atoms with Gasteiger partial charge in [0.15, 0.2) is 0 Å². The van der Waals surface area contributed by atoms with Gasteiger partial charge in [-0.15, -0.1) is 13.2 Å². The molecule has 0 aliphatic carbocycles. The van der Waals surface area contributed by atoms with Crippen molar-refractivity contribution in [2.24, 2.45) is 11.8 Å². The fourth-order valence-corrected chi connectivity index (χ4v) is 8.26. The molecule has 2 unspecified atom stereocenters. The molecule has 0 saturated carbocycles. The van der Waals surface area contributed by atoms with Crippen LogP contribution in [0.25, 0.3) is 0 Å². The molecular weight excluding hydrogens is 566 g/mol. The van der Waals surface area contributed by atoms with Gasteiger partial charge in [-0.2, -0.15) is 0 Å². The molecule has 45 heavy (non-hydrogen) atoms. The van der Waals surface area contributed by atoms with Crippen molar-refractivity contribution in [3.05, 3.63) is 90.5 Å². The van der Waals surface area contributed by atoms with E-state index in [1.54, 1.807) is 26.9 Å². The fraction of sp³-hybridized carbons (Fsp3) is 0.486. The summed E-state index contributed by atoms with van der Waals surface area (Å²) < 4.78 is 6.92. The summed E-state index contributed by atoms with van der Waals surface area (Å²) in [5.74, 6) is -2.35. The molecule has 3 heterocycles. The van der Waals surface area contributed by atoms with Gasteiger partial charge in [0.2, 0.25) is 11.8 Å². The lowest BCUT2D eigenvalue weighted by atomic mass is 9.66. The van der Waals surface area contributed by atoms with E-state index in [0.29, 0.717) is 32.4 Å². The number of anilines is 1. The maximum absolute atomic E-state index is 15.1. The van der Waals surface area contributed by atoms with E-state index < -0.39 is 35.1 Å². The molecule has 2 aromatic rings. The molecule has 5 rings (SSSR count). The summed E-state index contributed by atoms with van der Waals surface area (Å²) in [5, 5.41) is 10.8. The minimum atomic E-state index is -1.21. The number of aliphatic hydroxyl groups excluding tert-OH is 1. The molecule has 8 nitrogen and oxygen atoms in total. The Hall–Kier alpha value is -3.75. The predicted molar refractivity (Wildman–Crippen MR) is 176 cm³/mol. The molecule has 240 valence electrons. The smallest absolute Gasteiger partial charge is 0.253 e. The van der Waals surface area contributed by atoms with Crippen molar-refractivity contribution >= 4 is 23.4 Å². The van der Waals surface area contributed by atoms with E-state index in [1.165, 1.54) is 0 Å². The molecule has 3 fully saturated rings. The van der Waals surface area contributed by atoms with Gasteiger partial charge in [-0.05, 0) is 63.1 Å². The second kappa shape index (κ2) is 12.9. The second-order valence-corrected chi connectivity index (χ2v) is 13.1. The number of carbonyl (C=O) groups is 3. The van der Waals surface area contributed by atoms with Crippen LogP contribution >= 0.6 is 0 Å². The molecule has 2 bridgehead atoms. The molecule has 2 aromatic carbocycles. The van der Waals surface area contributed by atoms with Gasteiger partial charge in [0.05, 0.1) is 30.1 Å². The Morgan fingerprint density at radius 2 is 1.71 bits per heavy atom. The number of ether oxygens (including phenoxy) is 1. The van der Waals surface area contributed by atoms with Crippen molar-refractivity contribution in [3.63, 3.8) is 0 Å². The summed E-state index contributed by atoms with van der Waals surface area (Å²) in [6.45, 7) is 16.4. The first-order valence-corrected chi connectivity index (χ1v) is 16.1. The molecule has 3 saturated heterocycles.